The second-order valence-electron chi connectivity index (χ2n) is 5.01. The molecule has 0 aliphatic rings. The fourth-order valence-electron chi connectivity index (χ4n) is 1.86. The average Bonchev–Trinajstić information content (AvgIpc) is 2.85. The lowest BCUT2D eigenvalue weighted by Crippen LogP contribution is -2.20. The van der Waals surface area contributed by atoms with Gasteiger partial charge in [0, 0.05) is 19.3 Å². The molecule has 2 aromatic rings. The van der Waals surface area contributed by atoms with Crippen molar-refractivity contribution in [3.05, 3.63) is 30.6 Å². The van der Waals surface area contributed by atoms with Crippen LogP contribution in [0.4, 0.5) is 16.2 Å². The van der Waals surface area contributed by atoms with E-state index in [1.165, 1.54) is 0 Å². The van der Waals surface area contributed by atoms with Crippen LogP contribution in [-0.2, 0) is 7.05 Å². The number of anilines is 2. The highest BCUT2D eigenvalue weighted by atomic mass is 16.5. The largest absolute Gasteiger partial charge is 0.497 e. The average molecular weight is 304 g/mol. The summed E-state index contributed by atoms with van der Waals surface area (Å²) in [5, 5.41) is 9.45. The number of hydrogen-bond acceptors (Lipinski definition) is 4. The minimum atomic E-state index is -0.380. The van der Waals surface area contributed by atoms with Crippen molar-refractivity contribution in [2.24, 2.45) is 7.05 Å². The highest BCUT2D eigenvalue weighted by Crippen LogP contribution is 2.30. The Bertz CT molecular complexity index is 652. The number of urea groups is 1. The fraction of sp³-hybridized carbons (Fsp3) is 0.333. The number of nitrogens with one attached hydrogen (secondary N) is 2. The van der Waals surface area contributed by atoms with Gasteiger partial charge < -0.3 is 20.1 Å². The van der Waals surface area contributed by atoms with Gasteiger partial charge in [-0.3, -0.25) is 4.68 Å². The molecule has 2 amide bonds. The van der Waals surface area contributed by atoms with Gasteiger partial charge in [-0.25, -0.2) is 4.79 Å². The number of benzene rings is 1. The first-order valence-electron chi connectivity index (χ1n) is 6.89. The summed E-state index contributed by atoms with van der Waals surface area (Å²) >= 11 is 0. The summed E-state index contributed by atoms with van der Waals surface area (Å²) in [6, 6.07) is 4.87. The third-order valence-corrected chi connectivity index (χ3v) is 2.76. The minimum absolute atomic E-state index is 0.00432. The molecule has 118 valence electrons. The van der Waals surface area contributed by atoms with E-state index >= 15 is 0 Å². The van der Waals surface area contributed by atoms with Crippen LogP contribution < -0.4 is 20.1 Å². The van der Waals surface area contributed by atoms with Gasteiger partial charge in [-0.1, -0.05) is 0 Å². The van der Waals surface area contributed by atoms with E-state index in [2.05, 4.69) is 15.7 Å². The van der Waals surface area contributed by atoms with Crippen molar-refractivity contribution in [1.82, 2.24) is 9.78 Å². The van der Waals surface area contributed by atoms with Crippen LogP contribution in [0.5, 0.6) is 11.5 Å². The zero-order valence-corrected chi connectivity index (χ0v) is 13.1. The Balaban J connectivity index is 2.13. The predicted octanol–water partition coefficient (Wildman–Crippen LogP) is 2.86. The Kier molecular flexibility index (Phi) is 4.88. The molecule has 0 atom stereocenters. The molecule has 1 heterocycles. The number of carbonyl (C=O) groups excluding carboxylic acids is 1. The number of carbonyl (C=O) groups is 1. The van der Waals surface area contributed by atoms with E-state index in [9.17, 15) is 4.79 Å². The van der Waals surface area contributed by atoms with E-state index in [4.69, 9.17) is 9.47 Å². The molecular weight excluding hydrogens is 284 g/mol. The van der Waals surface area contributed by atoms with Crippen LogP contribution in [-0.4, -0.2) is 29.0 Å². The van der Waals surface area contributed by atoms with Crippen LogP contribution in [0.25, 0.3) is 0 Å². The number of aromatic nitrogens is 2. The van der Waals surface area contributed by atoms with Crippen LogP contribution in [0.1, 0.15) is 13.8 Å². The molecule has 1 aromatic heterocycles. The van der Waals surface area contributed by atoms with Gasteiger partial charge in [0.05, 0.1) is 30.8 Å². The van der Waals surface area contributed by atoms with E-state index in [1.807, 2.05) is 13.8 Å². The summed E-state index contributed by atoms with van der Waals surface area (Å²) < 4.78 is 12.5. The normalized spacial score (nSPS) is 10.4. The Labute approximate surface area is 129 Å². The van der Waals surface area contributed by atoms with E-state index < -0.39 is 0 Å². The van der Waals surface area contributed by atoms with Crippen molar-refractivity contribution in [3.63, 3.8) is 0 Å². The zero-order valence-electron chi connectivity index (χ0n) is 13.1. The Hall–Kier alpha value is -2.70. The molecule has 0 fully saturated rings. The van der Waals surface area contributed by atoms with E-state index in [1.54, 1.807) is 49.4 Å². The SMILES string of the molecule is COc1ccc(OC(C)C)c(NC(=O)Nc2cnn(C)c2)c1. The standard InChI is InChI=1S/C15H20N4O3/c1-10(2)22-14-6-5-12(21-4)7-13(14)18-15(20)17-11-8-16-19(3)9-11/h5-10H,1-4H3,(H2,17,18,20). The van der Waals surface area contributed by atoms with Crippen molar-refractivity contribution in [2.45, 2.75) is 20.0 Å². The molecule has 2 rings (SSSR count). The van der Waals surface area contributed by atoms with Crippen molar-refractivity contribution >= 4 is 17.4 Å². The second-order valence-corrected chi connectivity index (χ2v) is 5.01. The summed E-state index contributed by atoms with van der Waals surface area (Å²) in [6.07, 6.45) is 3.27. The Morgan fingerprint density at radius 1 is 1.32 bits per heavy atom. The van der Waals surface area contributed by atoms with Crippen molar-refractivity contribution < 1.29 is 14.3 Å². The van der Waals surface area contributed by atoms with Gasteiger partial charge in [-0.15, -0.1) is 0 Å². The second kappa shape index (κ2) is 6.84. The van der Waals surface area contributed by atoms with Crippen LogP contribution in [0, 0.1) is 0 Å². The van der Waals surface area contributed by atoms with Gasteiger partial charge in [0.25, 0.3) is 0 Å². The van der Waals surface area contributed by atoms with E-state index in [0.29, 0.717) is 22.9 Å². The molecule has 7 heteroatoms. The smallest absolute Gasteiger partial charge is 0.323 e. The molecule has 7 nitrogen and oxygen atoms in total. The summed E-state index contributed by atoms with van der Waals surface area (Å²) in [6.45, 7) is 3.84. The van der Waals surface area contributed by atoms with Crippen LogP contribution in [0.2, 0.25) is 0 Å². The van der Waals surface area contributed by atoms with Gasteiger partial charge >= 0.3 is 6.03 Å². The van der Waals surface area contributed by atoms with Crippen molar-refractivity contribution in [1.29, 1.82) is 0 Å². The number of nitrogens with zero attached hydrogens (tertiary/aromatic N) is 2. The third kappa shape index (κ3) is 4.15. The molecule has 0 spiro atoms. The Morgan fingerprint density at radius 3 is 2.68 bits per heavy atom. The van der Waals surface area contributed by atoms with Gasteiger partial charge in [0.1, 0.15) is 11.5 Å². The Morgan fingerprint density at radius 2 is 2.09 bits per heavy atom. The molecular formula is C15H20N4O3. The molecule has 22 heavy (non-hydrogen) atoms. The fourth-order valence-corrected chi connectivity index (χ4v) is 1.86. The summed E-state index contributed by atoms with van der Waals surface area (Å²) in [5.74, 6) is 1.21. The van der Waals surface area contributed by atoms with E-state index in [-0.39, 0.29) is 12.1 Å². The van der Waals surface area contributed by atoms with E-state index in [0.717, 1.165) is 0 Å². The number of amides is 2. The van der Waals surface area contributed by atoms with Crippen molar-refractivity contribution in [3.8, 4) is 11.5 Å². The molecule has 0 aliphatic carbocycles. The van der Waals surface area contributed by atoms with Gasteiger partial charge in [0.2, 0.25) is 0 Å². The lowest BCUT2D eigenvalue weighted by Gasteiger charge is -2.16. The third-order valence-electron chi connectivity index (χ3n) is 2.76. The number of hydrogen-bond donors (Lipinski definition) is 2. The van der Waals surface area contributed by atoms with Crippen LogP contribution >= 0.6 is 0 Å². The number of rotatable bonds is 5. The maximum absolute atomic E-state index is 12.1. The van der Waals surface area contributed by atoms with Gasteiger partial charge in [-0.05, 0) is 26.0 Å². The molecule has 1 aromatic carbocycles. The number of ether oxygens (including phenoxy) is 2. The first-order valence-corrected chi connectivity index (χ1v) is 6.89. The molecule has 0 saturated heterocycles. The monoisotopic (exact) mass is 304 g/mol. The maximum Gasteiger partial charge on any atom is 0.323 e. The lowest BCUT2D eigenvalue weighted by molar-refractivity contribution is 0.242. The molecule has 0 aliphatic heterocycles. The molecule has 0 saturated carbocycles. The zero-order chi connectivity index (χ0) is 16.1. The maximum atomic E-state index is 12.1. The highest BCUT2D eigenvalue weighted by molar-refractivity contribution is 6.00. The number of methoxy groups -OCH3 is 1. The lowest BCUT2D eigenvalue weighted by atomic mass is 10.2. The topological polar surface area (TPSA) is 77.4 Å². The van der Waals surface area contributed by atoms with Gasteiger partial charge in [-0.2, -0.15) is 5.10 Å². The summed E-state index contributed by atoms with van der Waals surface area (Å²) in [7, 11) is 3.34. The molecule has 0 unspecified atom stereocenters. The summed E-state index contributed by atoms with van der Waals surface area (Å²) in [4.78, 5) is 12.1. The first-order chi connectivity index (χ1) is 10.5. The molecule has 0 radical (unpaired) electrons. The van der Waals surface area contributed by atoms with Crippen LogP contribution in [0.3, 0.4) is 0 Å². The number of aryl methyl sites for hydroxylation is 1. The van der Waals surface area contributed by atoms with Gasteiger partial charge in [0.15, 0.2) is 0 Å². The first kappa shape index (κ1) is 15.7. The summed E-state index contributed by atoms with van der Waals surface area (Å²) in [5.41, 5.74) is 1.14. The highest BCUT2D eigenvalue weighted by Gasteiger charge is 2.11. The van der Waals surface area contributed by atoms with Crippen LogP contribution in [0.15, 0.2) is 30.6 Å². The molecule has 2 N–H and O–H groups in total. The minimum Gasteiger partial charge on any atom is -0.497 e. The quantitative estimate of drug-likeness (QED) is 0.890. The predicted molar refractivity (Wildman–Crippen MR) is 84.6 cm³/mol. The van der Waals surface area contributed by atoms with Crippen molar-refractivity contribution in [2.75, 3.05) is 17.7 Å². The molecule has 0 bridgehead atoms.